The molecule has 2 aromatic heterocycles. The lowest BCUT2D eigenvalue weighted by atomic mass is 9.83. The number of carbonyl (C=O) groups is 1. The average Bonchev–Trinajstić information content (AvgIpc) is 3.56. The van der Waals surface area contributed by atoms with Crippen molar-refractivity contribution in [2.75, 3.05) is 32.6 Å². The first-order chi connectivity index (χ1) is 25.5. The third-order valence-electron chi connectivity index (χ3n) is 9.66. The summed E-state index contributed by atoms with van der Waals surface area (Å²) in [6.45, 7) is 3.06. The molecule has 1 amide bonds. The SMILES string of the molecule is COc1cc(-c2nccc(-c3cccc4c3CCCC4Nc3nc(OC)c(CNCC(C)O)cc3C(F)(F)F)c2Cl)ccc1CNCC1CCC(=O)N1. The second-order valence-electron chi connectivity index (χ2n) is 13.5. The van der Waals surface area contributed by atoms with Crippen LogP contribution in [0.3, 0.4) is 0 Å². The number of nitrogens with zero attached hydrogens (tertiary/aromatic N) is 2. The number of pyridine rings is 2. The molecule has 282 valence electrons. The molecule has 1 aliphatic heterocycles. The van der Waals surface area contributed by atoms with Gasteiger partial charge in [0, 0.05) is 67.1 Å². The second-order valence-corrected chi connectivity index (χ2v) is 13.9. The Hall–Kier alpha value is -4.43. The Morgan fingerprint density at radius 3 is 2.55 bits per heavy atom. The van der Waals surface area contributed by atoms with E-state index in [2.05, 4.69) is 31.2 Å². The highest BCUT2D eigenvalue weighted by molar-refractivity contribution is 6.35. The van der Waals surface area contributed by atoms with Crippen LogP contribution in [0.4, 0.5) is 19.0 Å². The maximum Gasteiger partial charge on any atom is 0.419 e. The van der Waals surface area contributed by atoms with Crippen molar-refractivity contribution in [2.24, 2.45) is 0 Å². The van der Waals surface area contributed by atoms with E-state index in [4.69, 9.17) is 21.1 Å². The smallest absolute Gasteiger partial charge is 0.419 e. The standard InChI is InChI=1S/C39H44ClF3N6O4/c1-22(50)18-44-20-25-16-31(39(41,42)43)37(49-38(25)53-3)48-32-9-5-7-27-28(6-4-8-29(27)32)30-14-15-46-36(35(30)40)23-10-11-24(33(17-23)52-2)19-45-21-26-12-13-34(51)47-26/h4,6,8,10-11,14-17,22,26,32,44-45,50H,5,7,9,12-13,18-21H2,1-3H3,(H,47,51)(H,48,49). The van der Waals surface area contributed by atoms with E-state index in [1.807, 2.05) is 42.5 Å². The summed E-state index contributed by atoms with van der Waals surface area (Å²) in [6, 6.07) is 14.2. The molecule has 0 saturated carbocycles. The third-order valence-corrected chi connectivity index (χ3v) is 10.0. The number of fused-ring (bicyclic) bond motifs is 1. The summed E-state index contributed by atoms with van der Waals surface area (Å²) in [5, 5.41) is 22.4. The molecule has 1 fully saturated rings. The van der Waals surface area contributed by atoms with Gasteiger partial charge in [0.15, 0.2) is 0 Å². The predicted molar refractivity (Wildman–Crippen MR) is 198 cm³/mol. The van der Waals surface area contributed by atoms with Crippen LogP contribution in [0.1, 0.15) is 66.5 Å². The summed E-state index contributed by atoms with van der Waals surface area (Å²) in [7, 11) is 2.98. The molecular weight excluding hydrogens is 709 g/mol. The zero-order valence-corrected chi connectivity index (χ0v) is 30.6. The fourth-order valence-corrected chi connectivity index (χ4v) is 7.42. The van der Waals surface area contributed by atoms with E-state index in [0.717, 1.165) is 52.3 Å². The number of alkyl halides is 3. The number of benzene rings is 2. The third kappa shape index (κ3) is 8.86. The molecule has 4 aromatic rings. The first-order valence-corrected chi connectivity index (χ1v) is 18.1. The molecule has 6 rings (SSSR count). The molecule has 0 bridgehead atoms. The number of ether oxygens (including phenoxy) is 2. The number of anilines is 1. The zero-order chi connectivity index (χ0) is 37.7. The number of halogens is 4. The van der Waals surface area contributed by atoms with Gasteiger partial charge in [-0.15, -0.1) is 0 Å². The average molecular weight is 753 g/mol. The van der Waals surface area contributed by atoms with E-state index in [1.54, 1.807) is 20.2 Å². The molecule has 5 N–H and O–H groups in total. The lowest BCUT2D eigenvalue weighted by Crippen LogP contribution is -2.35. The van der Waals surface area contributed by atoms with Crippen LogP contribution < -0.4 is 30.7 Å². The van der Waals surface area contributed by atoms with Crippen LogP contribution in [0.2, 0.25) is 5.02 Å². The molecule has 3 heterocycles. The minimum absolute atomic E-state index is 0.0468. The monoisotopic (exact) mass is 752 g/mol. The van der Waals surface area contributed by atoms with Crippen LogP contribution in [-0.2, 0) is 30.5 Å². The van der Waals surface area contributed by atoms with Crippen molar-refractivity contribution in [2.45, 2.75) is 76.5 Å². The number of aliphatic hydroxyl groups is 1. The minimum Gasteiger partial charge on any atom is -0.496 e. The first kappa shape index (κ1) is 38.3. The van der Waals surface area contributed by atoms with Gasteiger partial charge in [0.05, 0.1) is 42.6 Å². The normalized spacial score (nSPS) is 17.6. The van der Waals surface area contributed by atoms with E-state index in [0.29, 0.717) is 48.8 Å². The Labute approximate surface area is 311 Å². The van der Waals surface area contributed by atoms with Gasteiger partial charge in [0.1, 0.15) is 11.6 Å². The zero-order valence-electron chi connectivity index (χ0n) is 29.9. The fraction of sp³-hybridized carbons (Fsp3) is 0.410. The molecule has 3 atom stereocenters. The van der Waals surface area contributed by atoms with Crippen LogP contribution in [0.15, 0.2) is 54.7 Å². The Morgan fingerprint density at radius 2 is 1.83 bits per heavy atom. The molecule has 0 spiro atoms. The van der Waals surface area contributed by atoms with E-state index in [-0.39, 0.29) is 42.3 Å². The van der Waals surface area contributed by atoms with E-state index in [1.165, 1.54) is 7.11 Å². The van der Waals surface area contributed by atoms with Crippen molar-refractivity contribution in [3.8, 4) is 34.0 Å². The van der Waals surface area contributed by atoms with Gasteiger partial charge in [-0.25, -0.2) is 0 Å². The highest BCUT2D eigenvalue weighted by Crippen LogP contribution is 2.44. The van der Waals surface area contributed by atoms with Gasteiger partial charge in [0.2, 0.25) is 11.8 Å². The van der Waals surface area contributed by atoms with Crippen molar-refractivity contribution >= 4 is 23.3 Å². The molecule has 2 aromatic carbocycles. The fourth-order valence-electron chi connectivity index (χ4n) is 7.10. The molecule has 3 unspecified atom stereocenters. The first-order valence-electron chi connectivity index (χ1n) is 17.7. The summed E-state index contributed by atoms with van der Waals surface area (Å²) in [4.78, 5) is 20.5. The largest absolute Gasteiger partial charge is 0.496 e. The molecule has 1 aliphatic carbocycles. The lowest BCUT2D eigenvalue weighted by molar-refractivity contribution is -0.137. The Morgan fingerprint density at radius 1 is 1.02 bits per heavy atom. The highest BCUT2D eigenvalue weighted by Gasteiger charge is 2.37. The number of hydrogen-bond donors (Lipinski definition) is 5. The molecule has 10 nitrogen and oxygen atoms in total. The van der Waals surface area contributed by atoms with Gasteiger partial charge in [-0.1, -0.05) is 41.9 Å². The van der Waals surface area contributed by atoms with Crippen molar-refractivity contribution < 1.29 is 32.5 Å². The number of carbonyl (C=O) groups excluding carboxylic acids is 1. The van der Waals surface area contributed by atoms with Gasteiger partial charge in [-0.05, 0) is 67.5 Å². The Bertz CT molecular complexity index is 1940. The number of methoxy groups -OCH3 is 2. The Balaban J connectivity index is 1.27. The summed E-state index contributed by atoms with van der Waals surface area (Å²) >= 11 is 7.13. The molecule has 14 heteroatoms. The minimum atomic E-state index is -4.67. The van der Waals surface area contributed by atoms with Crippen LogP contribution in [0, 0.1) is 0 Å². The van der Waals surface area contributed by atoms with Gasteiger partial charge < -0.3 is 35.8 Å². The van der Waals surface area contributed by atoms with Crippen LogP contribution in [0.5, 0.6) is 11.6 Å². The summed E-state index contributed by atoms with van der Waals surface area (Å²) < 4.78 is 54.5. The van der Waals surface area contributed by atoms with E-state index < -0.39 is 23.9 Å². The van der Waals surface area contributed by atoms with E-state index in [9.17, 15) is 23.1 Å². The van der Waals surface area contributed by atoms with Gasteiger partial charge in [0.25, 0.3) is 0 Å². The molecule has 2 aliphatic rings. The van der Waals surface area contributed by atoms with Gasteiger partial charge >= 0.3 is 6.18 Å². The molecule has 1 saturated heterocycles. The number of hydrogen-bond acceptors (Lipinski definition) is 9. The summed E-state index contributed by atoms with van der Waals surface area (Å²) in [6.07, 6.45) is -0.218. The van der Waals surface area contributed by atoms with Crippen molar-refractivity contribution in [1.82, 2.24) is 25.9 Å². The summed E-state index contributed by atoms with van der Waals surface area (Å²) in [5.74, 6) is 0.516. The predicted octanol–water partition coefficient (Wildman–Crippen LogP) is 6.83. The number of nitrogens with one attached hydrogen (secondary N) is 4. The number of aliphatic hydroxyl groups excluding tert-OH is 1. The van der Waals surface area contributed by atoms with Gasteiger partial charge in [-0.2, -0.15) is 18.2 Å². The highest BCUT2D eigenvalue weighted by atomic mass is 35.5. The topological polar surface area (TPSA) is 130 Å². The van der Waals surface area contributed by atoms with Crippen LogP contribution in [-0.4, -0.2) is 60.4 Å². The lowest BCUT2D eigenvalue weighted by Gasteiger charge is -2.30. The molecule has 53 heavy (non-hydrogen) atoms. The van der Waals surface area contributed by atoms with Crippen molar-refractivity contribution in [1.29, 1.82) is 0 Å². The van der Waals surface area contributed by atoms with Crippen LogP contribution >= 0.6 is 11.6 Å². The maximum absolute atomic E-state index is 14.4. The number of aromatic nitrogens is 2. The maximum atomic E-state index is 14.4. The van der Waals surface area contributed by atoms with Crippen molar-refractivity contribution in [3.05, 3.63) is 87.6 Å². The quantitative estimate of drug-likeness (QED) is 0.0942. The van der Waals surface area contributed by atoms with Crippen molar-refractivity contribution in [3.63, 3.8) is 0 Å². The second kappa shape index (κ2) is 16.7. The van der Waals surface area contributed by atoms with Crippen LogP contribution in [0.25, 0.3) is 22.4 Å². The molecular formula is C39H44ClF3N6O4. The molecule has 0 radical (unpaired) electrons. The summed E-state index contributed by atoms with van der Waals surface area (Å²) in [5.41, 5.74) is 5.16. The van der Waals surface area contributed by atoms with Gasteiger partial charge in [-0.3, -0.25) is 9.78 Å². The number of rotatable bonds is 14. The van der Waals surface area contributed by atoms with E-state index >= 15 is 0 Å². The number of amides is 1. The Kier molecular flexibility index (Phi) is 12.1.